The third-order valence-corrected chi connectivity index (χ3v) is 2.75. The number of aliphatic hydroxyl groups is 4. The third-order valence-electron chi connectivity index (χ3n) is 2.75. The standard InChI is InChI=1S/C9H16O2.C5H12O4/c1-3-5-6-7-8-11-9(10)4-2;6-1-5(2-7,3-8)4-9/h4H,2-3,5-8H2,1H3;6-9H,1-4H2. The lowest BCUT2D eigenvalue weighted by Gasteiger charge is -2.23. The van der Waals surface area contributed by atoms with Crippen molar-refractivity contribution >= 4 is 5.97 Å². The Hall–Kier alpha value is -0.950. The van der Waals surface area contributed by atoms with Gasteiger partial charge in [-0.25, -0.2) is 4.79 Å². The molecule has 6 heteroatoms. The molecular formula is C14H28O6. The minimum absolute atomic E-state index is 0.318. The van der Waals surface area contributed by atoms with E-state index in [1.54, 1.807) is 0 Å². The van der Waals surface area contributed by atoms with Gasteiger partial charge in [0.05, 0.1) is 38.4 Å². The van der Waals surface area contributed by atoms with Gasteiger partial charge >= 0.3 is 5.97 Å². The Morgan fingerprint density at radius 1 is 1.05 bits per heavy atom. The van der Waals surface area contributed by atoms with Gasteiger partial charge in [-0.15, -0.1) is 0 Å². The molecule has 0 atom stereocenters. The molecule has 0 fully saturated rings. The monoisotopic (exact) mass is 292 g/mol. The first-order valence-corrected chi connectivity index (χ1v) is 6.78. The summed E-state index contributed by atoms with van der Waals surface area (Å²) in [5, 5.41) is 34.0. The Balaban J connectivity index is 0. The zero-order valence-corrected chi connectivity index (χ0v) is 12.3. The smallest absolute Gasteiger partial charge is 0.330 e. The van der Waals surface area contributed by atoms with E-state index >= 15 is 0 Å². The van der Waals surface area contributed by atoms with E-state index in [2.05, 4.69) is 13.5 Å². The molecule has 0 aliphatic carbocycles. The summed E-state index contributed by atoms with van der Waals surface area (Å²) >= 11 is 0. The first kappa shape index (κ1) is 21.4. The van der Waals surface area contributed by atoms with Gasteiger partial charge in [0.25, 0.3) is 0 Å². The Labute approximate surface area is 120 Å². The van der Waals surface area contributed by atoms with Crippen molar-refractivity contribution in [1.29, 1.82) is 0 Å². The molecule has 20 heavy (non-hydrogen) atoms. The van der Waals surface area contributed by atoms with Crippen molar-refractivity contribution < 1.29 is 30.0 Å². The zero-order valence-electron chi connectivity index (χ0n) is 12.3. The van der Waals surface area contributed by atoms with Crippen LogP contribution in [0.4, 0.5) is 0 Å². The summed E-state index contributed by atoms with van der Waals surface area (Å²) < 4.78 is 4.78. The van der Waals surface area contributed by atoms with E-state index in [1.807, 2.05) is 0 Å². The van der Waals surface area contributed by atoms with Crippen LogP contribution in [0.5, 0.6) is 0 Å². The maximum absolute atomic E-state index is 10.5. The third kappa shape index (κ3) is 10.9. The Kier molecular flexibility index (Phi) is 15.4. The number of aliphatic hydroxyl groups excluding tert-OH is 4. The van der Waals surface area contributed by atoms with Crippen molar-refractivity contribution in [3.63, 3.8) is 0 Å². The van der Waals surface area contributed by atoms with Crippen LogP contribution in [0.1, 0.15) is 32.6 Å². The Morgan fingerprint density at radius 2 is 1.55 bits per heavy atom. The van der Waals surface area contributed by atoms with Crippen molar-refractivity contribution in [1.82, 2.24) is 0 Å². The molecule has 0 saturated carbocycles. The lowest BCUT2D eigenvalue weighted by atomic mass is 9.93. The molecule has 0 rings (SSSR count). The molecule has 0 heterocycles. The predicted molar refractivity (Wildman–Crippen MR) is 76.1 cm³/mol. The number of carbonyl (C=O) groups excluding carboxylic acids is 1. The van der Waals surface area contributed by atoms with Crippen molar-refractivity contribution in [2.45, 2.75) is 32.6 Å². The minimum Gasteiger partial charge on any atom is -0.463 e. The number of unbranched alkanes of at least 4 members (excludes halogenated alkanes) is 3. The van der Waals surface area contributed by atoms with Gasteiger partial charge < -0.3 is 25.2 Å². The van der Waals surface area contributed by atoms with E-state index < -0.39 is 31.8 Å². The summed E-state index contributed by atoms with van der Waals surface area (Å²) in [4.78, 5) is 10.5. The first-order chi connectivity index (χ1) is 9.55. The molecule has 0 aromatic heterocycles. The second-order valence-electron chi connectivity index (χ2n) is 4.56. The van der Waals surface area contributed by atoms with E-state index in [9.17, 15) is 4.79 Å². The van der Waals surface area contributed by atoms with Crippen LogP contribution in [0.25, 0.3) is 0 Å². The molecule has 0 aliphatic heterocycles. The molecule has 0 radical (unpaired) electrons. The quantitative estimate of drug-likeness (QED) is 0.261. The summed E-state index contributed by atoms with van der Waals surface area (Å²) in [6.45, 7) is 4.36. The highest BCUT2D eigenvalue weighted by atomic mass is 16.5. The van der Waals surface area contributed by atoms with Crippen LogP contribution in [0.3, 0.4) is 0 Å². The van der Waals surface area contributed by atoms with Crippen LogP contribution in [-0.4, -0.2) is 59.4 Å². The molecule has 0 aromatic carbocycles. The fraction of sp³-hybridized carbons (Fsp3) is 0.786. The van der Waals surface area contributed by atoms with Crippen molar-refractivity contribution in [2.75, 3.05) is 33.0 Å². The van der Waals surface area contributed by atoms with Gasteiger partial charge in [0.2, 0.25) is 0 Å². The molecule has 0 amide bonds. The highest BCUT2D eigenvalue weighted by molar-refractivity contribution is 5.81. The summed E-state index contributed by atoms with van der Waals surface area (Å²) in [6, 6.07) is 0. The van der Waals surface area contributed by atoms with Crippen LogP contribution in [-0.2, 0) is 9.53 Å². The number of hydrogen-bond acceptors (Lipinski definition) is 6. The fourth-order valence-electron chi connectivity index (χ4n) is 1.06. The molecule has 0 saturated heterocycles. The first-order valence-electron chi connectivity index (χ1n) is 6.78. The average Bonchev–Trinajstić information content (AvgIpc) is 2.50. The second kappa shape index (κ2) is 14.5. The normalized spacial score (nSPS) is 10.4. The van der Waals surface area contributed by atoms with Crippen molar-refractivity contribution in [2.24, 2.45) is 5.41 Å². The topological polar surface area (TPSA) is 107 Å². The van der Waals surface area contributed by atoms with Crippen molar-refractivity contribution in [3.8, 4) is 0 Å². The van der Waals surface area contributed by atoms with Gasteiger partial charge in [-0.3, -0.25) is 0 Å². The SMILES string of the molecule is C=CC(=O)OCCCCCC.OCC(CO)(CO)CO. The zero-order chi connectivity index (χ0) is 15.9. The second-order valence-corrected chi connectivity index (χ2v) is 4.56. The minimum atomic E-state index is -1.11. The summed E-state index contributed by atoms with van der Waals surface area (Å²) in [5.74, 6) is -0.318. The average molecular weight is 292 g/mol. The number of carbonyl (C=O) groups is 1. The van der Waals surface area contributed by atoms with E-state index in [4.69, 9.17) is 25.2 Å². The molecule has 0 unspecified atom stereocenters. The highest BCUT2D eigenvalue weighted by Gasteiger charge is 2.26. The summed E-state index contributed by atoms with van der Waals surface area (Å²) in [6.07, 6.45) is 5.72. The van der Waals surface area contributed by atoms with E-state index in [0.29, 0.717) is 6.61 Å². The molecule has 0 aromatic rings. The molecule has 0 bridgehead atoms. The van der Waals surface area contributed by atoms with Crippen molar-refractivity contribution in [3.05, 3.63) is 12.7 Å². The maximum atomic E-state index is 10.5. The largest absolute Gasteiger partial charge is 0.463 e. The van der Waals surface area contributed by atoms with Crippen LogP contribution in [0.15, 0.2) is 12.7 Å². The van der Waals surface area contributed by atoms with Gasteiger partial charge in [-0.05, 0) is 6.42 Å². The fourth-order valence-corrected chi connectivity index (χ4v) is 1.06. The Bertz CT molecular complexity index is 220. The number of esters is 1. The van der Waals surface area contributed by atoms with Crippen LogP contribution < -0.4 is 0 Å². The lowest BCUT2D eigenvalue weighted by Crippen LogP contribution is -2.37. The Morgan fingerprint density at radius 3 is 1.85 bits per heavy atom. The van der Waals surface area contributed by atoms with Gasteiger partial charge in [0.15, 0.2) is 0 Å². The summed E-state index contributed by atoms with van der Waals surface area (Å²) in [7, 11) is 0. The molecule has 120 valence electrons. The predicted octanol–water partition coefficient (Wildman–Crippen LogP) is 0.238. The van der Waals surface area contributed by atoms with E-state index in [0.717, 1.165) is 12.8 Å². The maximum Gasteiger partial charge on any atom is 0.330 e. The van der Waals surface area contributed by atoms with Gasteiger partial charge in [0.1, 0.15) is 0 Å². The lowest BCUT2D eigenvalue weighted by molar-refractivity contribution is -0.137. The van der Waals surface area contributed by atoms with Crippen LogP contribution in [0.2, 0.25) is 0 Å². The molecule has 4 N–H and O–H groups in total. The number of ether oxygens (including phenoxy) is 1. The van der Waals surface area contributed by atoms with E-state index in [1.165, 1.54) is 18.9 Å². The van der Waals surface area contributed by atoms with Crippen LogP contribution in [0, 0.1) is 5.41 Å². The molecular weight excluding hydrogens is 264 g/mol. The summed E-state index contributed by atoms with van der Waals surface area (Å²) in [5.41, 5.74) is -1.11. The van der Waals surface area contributed by atoms with Gasteiger partial charge in [-0.1, -0.05) is 32.8 Å². The molecule has 0 aliphatic rings. The molecule has 6 nitrogen and oxygen atoms in total. The highest BCUT2D eigenvalue weighted by Crippen LogP contribution is 2.11. The number of rotatable bonds is 10. The van der Waals surface area contributed by atoms with Gasteiger partial charge in [0, 0.05) is 6.08 Å². The van der Waals surface area contributed by atoms with Crippen LogP contribution >= 0.6 is 0 Å². The number of hydrogen-bond donors (Lipinski definition) is 4. The van der Waals surface area contributed by atoms with Gasteiger partial charge in [-0.2, -0.15) is 0 Å². The molecule has 0 spiro atoms. The van der Waals surface area contributed by atoms with E-state index in [-0.39, 0.29) is 5.97 Å².